The quantitative estimate of drug-likeness (QED) is 0.157. The molecule has 0 amide bonds. The van der Waals surface area contributed by atoms with E-state index in [4.69, 9.17) is 0 Å². The number of aromatic nitrogens is 1. The highest BCUT2D eigenvalue weighted by atomic mass is 15.0. The van der Waals surface area contributed by atoms with Gasteiger partial charge in [-0.3, -0.25) is 0 Å². The van der Waals surface area contributed by atoms with Crippen molar-refractivity contribution in [2.75, 3.05) is 0 Å². The first-order valence-electron chi connectivity index (χ1n) is 26.0. The fraction of sp³-hybridized carbons (Fsp3) is 0.0685. The number of hydrogen-bond acceptors (Lipinski definition) is 0. The summed E-state index contributed by atoms with van der Waals surface area (Å²) in [5.74, 6) is 0. The zero-order chi connectivity index (χ0) is 49.8. The van der Waals surface area contributed by atoms with Crippen LogP contribution < -0.4 is 0 Å². The van der Waals surface area contributed by atoms with Crippen molar-refractivity contribution in [3.63, 3.8) is 0 Å². The summed E-state index contributed by atoms with van der Waals surface area (Å²) >= 11 is 0. The summed E-state index contributed by atoms with van der Waals surface area (Å²) in [7, 11) is 0. The van der Waals surface area contributed by atoms with Gasteiger partial charge in [0.15, 0.2) is 0 Å². The Labute approximate surface area is 434 Å². The van der Waals surface area contributed by atoms with Crippen LogP contribution in [-0.2, 0) is 5.41 Å². The molecule has 1 nitrogen and oxygen atoms in total. The van der Waals surface area contributed by atoms with Gasteiger partial charge in [-0.05, 0) is 149 Å². The normalized spacial score (nSPS) is 13.5. The highest BCUT2D eigenvalue weighted by Gasteiger charge is 2.35. The Morgan fingerprint density at radius 3 is 1.50 bits per heavy atom. The van der Waals surface area contributed by atoms with Gasteiger partial charge >= 0.3 is 0 Å². The molecule has 0 saturated carbocycles. The molecular weight excluding hydrogens is 891 g/mol. The molecule has 1 heteroatoms. The van der Waals surface area contributed by atoms with Gasteiger partial charge in [0.05, 0.1) is 11.0 Å². The fourth-order valence-electron chi connectivity index (χ4n) is 11.7. The summed E-state index contributed by atoms with van der Waals surface area (Å²) in [5.41, 5.74) is 22.8. The zero-order valence-corrected chi connectivity index (χ0v) is 42.1. The molecule has 12 aromatic rings. The van der Waals surface area contributed by atoms with Crippen LogP contribution in [0.15, 0.2) is 273 Å². The molecular formula is C73H55N. The molecule has 0 saturated heterocycles. The summed E-state index contributed by atoms with van der Waals surface area (Å²) in [4.78, 5) is 0. The second-order valence-corrected chi connectivity index (χ2v) is 20.5. The molecule has 1 heterocycles. The van der Waals surface area contributed by atoms with Crippen molar-refractivity contribution in [1.82, 2.24) is 4.57 Å². The molecule has 11 aromatic carbocycles. The standard InChI is InChI=1S/C55H39N.C18H16/c1-55(2)51-18-9-8-16-47(51)48-30-29-44(35-52(48)55)56-53-31-27-42(36-11-4-3-5-12-36)33-49(53)50-34-43(28-32-54(50)56)39-21-19-37(20-22-39)38-23-25-41(26-24-38)46-17-10-14-40-13-6-7-15-45(40)46;1-14-6-4-8-16(13-12-14)18-11-5-9-15-7-2-3-10-17(15)18/h3-35H,1-2H3;2-5,7-13H,6H2,1H3. The Morgan fingerprint density at radius 2 is 0.838 bits per heavy atom. The first-order chi connectivity index (χ1) is 36.4. The van der Waals surface area contributed by atoms with Crippen LogP contribution in [0.25, 0.3) is 110 Å². The van der Waals surface area contributed by atoms with E-state index in [-0.39, 0.29) is 5.41 Å². The summed E-state index contributed by atoms with van der Waals surface area (Å²) in [5, 5.41) is 7.69. The molecule has 0 spiro atoms. The Hall–Kier alpha value is -9.04. The lowest BCUT2D eigenvalue weighted by Crippen LogP contribution is -2.15. The SMILES string of the molecule is CC1(C)c2ccccc2-c2ccc(-n3c4ccc(-c5ccccc5)cc4c4cc(-c5ccc(-c6ccc(-c7cccc8ccccc78)cc6)cc5)ccc43)cc21.CC1=CC=C(c2cccc3ccccc23)C=CC1. The minimum Gasteiger partial charge on any atom is -0.309 e. The molecule has 0 bridgehead atoms. The van der Waals surface area contributed by atoms with Crippen LogP contribution in [-0.4, -0.2) is 4.57 Å². The van der Waals surface area contributed by atoms with E-state index < -0.39 is 0 Å². The van der Waals surface area contributed by atoms with Gasteiger partial charge < -0.3 is 4.57 Å². The van der Waals surface area contributed by atoms with Crippen molar-refractivity contribution in [2.24, 2.45) is 0 Å². The Morgan fingerprint density at radius 1 is 0.351 bits per heavy atom. The lowest BCUT2D eigenvalue weighted by Gasteiger charge is -2.22. The third kappa shape index (κ3) is 7.99. The van der Waals surface area contributed by atoms with Crippen LogP contribution in [0.2, 0.25) is 0 Å². The van der Waals surface area contributed by atoms with Gasteiger partial charge in [0.25, 0.3) is 0 Å². The Balaban J connectivity index is 0.000000247. The largest absolute Gasteiger partial charge is 0.309 e. The molecule has 0 atom stereocenters. The van der Waals surface area contributed by atoms with Crippen molar-refractivity contribution in [2.45, 2.75) is 32.6 Å². The van der Waals surface area contributed by atoms with E-state index in [1.165, 1.54) is 133 Å². The van der Waals surface area contributed by atoms with Gasteiger partial charge in [0.1, 0.15) is 0 Å². The maximum atomic E-state index is 2.47. The summed E-state index contributed by atoms with van der Waals surface area (Å²) in [6.45, 7) is 6.89. The number of benzene rings is 11. The van der Waals surface area contributed by atoms with E-state index in [9.17, 15) is 0 Å². The van der Waals surface area contributed by atoms with E-state index in [1.54, 1.807) is 0 Å². The minimum absolute atomic E-state index is 0.0701. The number of hydrogen-bond donors (Lipinski definition) is 0. The maximum Gasteiger partial charge on any atom is 0.0541 e. The average Bonchev–Trinajstić information content (AvgIpc) is 3.84. The topological polar surface area (TPSA) is 4.93 Å². The van der Waals surface area contributed by atoms with Crippen LogP contribution >= 0.6 is 0 Å². The second kappa shape index (κ2) is 18.5. The highest BCUT2D eigenvalue weighted by Crippen LogP contribution is 2.50. The third-order valence-corrected chi connectivity index (χ3v) is 15.6. The highest BCUT2D eigenvalue weighted by molar-refractivity contribution is 6.12. The van der Waals surface area contributed by atoms with Crippen molar-refractivity contribution in [1.29, 1.82) is 0 Å². The zero-order valence-electron chi connectivity index (χ0n) is 42.1. The van der Waals surface area contributed by atoms with Crippen molar-refractivity contribution in [3.05, 3.63) is 289 Å². The Kier molecular flexibility index (Phi) is 11.2. The van der Waals surface area contributed by atoms with E-state index in [2.05, 4.69) is 292 Å². The number of allylic oxidation sites excluding steroid dienone is 6. The molecule has 14 rings (SSSR count). The van der Waals surface area contributed by atoms with E-state index in [1.807, 2.05) is 0 Å². The van der Waals surface area contributed by atoms with E-state index in [0.717, 1.165) is 6.42 Å². The van der Waals surface area contributed by atoms with Gasteiger partial charge in [0, 0.05) is 21.9 Å². The van der Waals surface area contributed by atoms with Crippen molar-refractivity contribution in [3.8, 4) is 61.3 Å². The summed E-state index contributed by atoms with van der Waals surface area (Å²) < 4.78 is 2.47. The molecule has 0 N–H and O–H groups in total. The summed E-state index contributed by atoms with van der Waals surface area (Å²) in [6, 6.07) is 88.9. The first kappa shape index (κ1) is 44.9. The molecule has 74 heavy (non-hydrogen) atoms. The first-order valence-corrected chi connectivity index (χ1v) is 26.0. The molecule has 352 valence electrons. The maximum absolute atomic E-state index is 2.47. The van der Waals surface area contributed by atoms with Crippen molar-refractivity contribution < 1.29 is 0 Å². The lowest BCUT2D eigenvalue weighted by molar-refractivity contribution is 0.660. The van der Waals surface area contributed by atoms with Gasteiger partial charge in [0.2, 0.25) is 0 Å². The predicted molar refractivity (Wildman–Crippen MR) is 317 cm³/mol. The van der Waals surface area contributed by atoms with Crippen LogP contribution in [0.5, 0.6) is 0 Å². The molecule has 2 aliphatic rings. The molecule has 2 aliphatic carbocycles. The smallest absolute Gasteiger partial charge is 0.0541 e. The van der Waals surface area contributed by atoms with Crippen LogP contribution in [0, 0.1) is 0 Å². The van der Waals surface area contributed by atoms with Gasteiger partial charge in [-0.1, -0.05) is 250 Å². The predicted octanol–water partition coefficient (Wildman–Crippen LogP) is 20.0. The molecule has 0 aliphatic heterocycles. The van der Waals surface area contributed by atoms with Crippen LogP contribution in [0.3, 0.4) is 0 Å². The van der Waals surface area contributed by atoms with E-state index >= 15 is 0 Å². The number of nitrogens with zero attached hydrogens (tertiary/aromatic N) is 1. The molecule has 0 unspecified atom stereocenters. The number of rotatable bonds is 6. The van der Waals surface area contributed by atoms with Crippen LogP contribution in [0.4, 0.5) is 0 Å². The minimum atomic E-state index is -0.0701. The van der Waals surface area contributed by atoms with Crippen LogP contribution in [0.1, 0.15) is 43.9 Å². The van der Waals surface area contributed by atoms with Gasteiger partial charge in [-0.15, -0.1) is 0 Å². The van der Waals surface area contributed by atoms with Crippen molar-refractivity contribution >= 4 is 48.9 Å². The van der Waals surface area contributed by atoms with Gasteiger partial charge in [-0.2, -0.15) is 0 Å². The Bertz CT molecular complexity index is 4200. The molecule has 0 fully saturated rings. The molecule has 1 aromatic heterocycles. The third-order valence-electron chi connectivity index (χ3n) is 15.6. The second-order valence-electron chi connectivity index (χ2n) is 20.5. The average molecular weight is 946 g/mol. The molecule has 0 radical (unpaired) electrons. The van der Waals surface area contributed by atoms with E-state index in [0.29, 0.717) is 0 Å². The van der Waals surface area contributed by atoms with Gasteiger partial charge in [-0.25, -0.2) is 0 Å². The summed E-state index contributed by atoms with van der Waals surface area (Å²) in [6.07, 6.45) is 9.96. The lowest BCUT2D eigenvalue weighted by atomic mass is 9.82. The fourth-order valence-corrected chi connectivity index (χ4v) is 11.7. The monoisotopic (exact) mass is 945 g/mol. The number of fused-ring (bicyclic) bond motifs is 8.